The van der Waals surface area contributed by atoms with Gasteiger partial charge >= 0.3 is 6.03 Å². The smallest absolute Gasteiger partial charge is 0.319 e. The molecule has 5 nitrogen and oxygen atoms in total. The van der Waals surface area contributed by atoms with E-state index in [0.717, 1.165) is 11.4 Å². The summed E-state index contributed by atoms with van der Waals surface area (Å²) < 4.78 is 0. The van der Waals surface area contributed by atoms with Gasteiger partial charge in [-0.25, -0.2) is 9.78 Å². The molecule has 0 aliphatic carbocycles. The molecular weight excluding hydrogens is 264 g/mol. The molecule has 0 spiro atoms. The Morgan fingerprint density at radius 2 is 1.86 bits per heavy atom. The van der Waals surface area contributed by atoms with Gasteiger partial charge < -0.3 is 15.5 Å². The number of hydrogen-bond donors (Lipinski definition) is 2. The molecule has 5 heteroatoms. The van der Waals surface area contributed by atoms with Crippen molar-refractivity contribution in [1.82, 2.24) is 10.3 Å². The Balaban J connectivity index is 1.92. The second-order valence-electron chi connectivity index (χ2n) is 5.03. The third-order valence-electron chi connectivity index (χ3n) is 3.11. The van der Waals surface area contributed by atoms with Crippen molar-refractivity contribution in [3.63, 3.8) is 0 Å². The molecule has 0 saturated carbocycles. The van der Waals surface area contributed by atoms with Crippen LogP contribution in [0.3, 0.4) is 0 Å². The van der Waals surface area contributed by atoms with E-state index in [4.69, 9.17) is 0 Å². The van der Waals surface area contributed by atoms with Gasteiger partial charge in [0.05, 0.1) is 17.9 Å². The Hall–Kier alpha value is -2.56. The van der Waals surface area contributed by atoms with Crippen molar-refractivity contribution in [1.29, 1.82) is 0 Å². The fraction of sp³-hybridized carbons (Fsp3) is 0.250. The zero-order chi connectivity index (χ0) is 15.2. The Bertz CT molecular complexity index is 581. The summed E-state index contributed by atoms with van der Waals surface area (Å²) in [4.78, 5) is 18.1. The number of urea groups is 1. The number of carbonyl (C=O) groups is 1. The maximum Gasteiger partial charge on any atom is 0.319 e. The molecule has 2 aromatic rings. The normalized spacial score (nSPS) is 11.6. The number of carbonyl (C=O) groups excluding carboxylic acids is 1. The fourth-order valence-electron chi connectivity index (χ4n) is 1.91. The summed E-state index contributed by atoms with van der Waals surface area (Å²) in [6.45, 7) is 1.95. The highest BCUT2D eigenvalue weighted by molar-refractivity contribution is 5.89. The maximum atomic E-state index is 12.0. The predicted molar refractivity (Wildman–Crippen MR) is 85.6 cm³/mol. The Morgan fingerprint density at radius 3 is 2.43 bits per heavy atom. The number of hydrogen-bond acceptors (Lipinski definition) is 3. The summed E-state index contributed by atoms with van der Waals surface area (Å²) in [5, 5.41) is 5.67. The second-order valence-corrected chi connectivity index (χ2v) is 5.03. The lowest BCUT2D eigenvalue weighted by Gasteiger charge is -2.15. The summed E-state index contributed by atoms with van der Waals surface area (Å²) in [5.74, 6) is 0.846. The molecule has 1 atom stereocenters. The first-order chi connectivity index (χ1) is 10.1. The average Bonchev–Trinajstić information content (AvgIpc) is 2.48. The predicted octanol–water partition coefficient (Wildman–Crippen LogP) is 3.03. The van der Waals surface area contributed by atoms with Gasteiger partial charge in [-0.3, -0.25) is 0 Å². The second kappa shape index (κ2) is 6.74. The van der Waals surface area contributed by atoms with E-state index in [0.29, 0.717) is 5.69 Å². The first kappa shape index (κ1) is 14.8. The summed E-state index contributed by atoms with van der Waals surface area (Å²) in [6.07, 6.45) is 1.64. The molecule has 21 heavy (non-hydrogen) atoms. The summed E-state index contributed by atoms with van der Waals surface area (Å²) in [5.41, 5.74) is 1.73. The van der Waals surface area contributed by atoms with E-state index in [1.54, 1.807) is 6.20 Å². The monoisotopic (exact) mass is 284 g/mol. The van der Waals surface area contributed by atoms with Crippen molar-refractivity contribution in [2.75, 3.05) is 24.3 Å². The van der Waals surface area contributed by atoms with E-state index in [2.05, 4.69) is 15.6 Å². The van der Waals surface area contributed by atoms with Crippen LogP contribution in [0.5, 0.6) is 0 Å². The molecule has 2 N–H and O–H groups in total. The van der Waals surface area contributed by atoms with Crippen molar-refractivity contribution in [2.45, 2.75) is 13.0 Å². The van der Waals surface area contributed by atoms with Crippen LogP contribution in [-0.4, -0.2) is 25.1 Å². The quantitative estimate of drug-likeness (QED) is 0.907. The van der Waals surface area contributed by atoms with E-state index < -0.39 is 0 Å². The molecule has 0 saturated heterocycles. The Morgan fingerprint density at radius 1 is 1.14 bits per heavy atom. The highest BCUT2D eigenvalue weighted by Gasteiger charge is 2.09. The van der Waals surface area contributed by atoms with Gasteiger partial charge in [0.1, 0.15) is 5.82 Å². The largest absolute Gasteiger partial charge is 0.363 e. The van der Waals surface area contributed by atoms with Crippen LogP contribution in [0.25, 0.3) is 0 Å². The van der Waals surface area contributed by atoms with E-state index in [-0.39, 0.29) is 12.1 Å². The molecule has 1 aromatic carbocycles. The van der Waals surface area contributed by atoms with Crippen LogP contribution in [0.15, 0.2) is 48.7 Å². The average molecular weight is 284 g/mol. The van der Waals surface area contributed by atoms with E-state index >= 15 is 0 Å². The number of aromatic nitrogens is 1. The van der Waals surface area contributed by atoms with Crippen molar-refractivity contribution in [3.05, 3.63) is 54.2 Å². The van der Waals surface area contributed by atoms with E-state index in [9.17, 15) is 4.79 Å². The van der Waals surface area contributed by atoms with Gasteiger partial charge in [0, 0.05) is 14.1 Å². The van der Waals surface area contributed by atoms with Gasteiger partial charge in [-0.1, -0.05) is 30.3 Å². The first-order valence-corrected chi connectivity index (χ1v) is 6.82. The zero-order valence-electron chi connectivity index (χ0n) is 12.5. The first-order valence-electron chi connectivity index (χ1n) is 6.82. The lowest BCUT2D eigenvalue weighted by Crippen LogP contribution is -2.31. The minimum Gasteiger partial charge on any atom is -0.363 e. The number of benzene rings is 1. The highest BCUT2D eigenvalue weighted by atomic mass is 16.2. The van der Waals surface area contributed by atoms with Crippen LogP contribution >= 0.6 is 0 Å². The molecule has 2 rings (SSSR count). The molecule has 1 aromatic heterocycles. The van der Waals surface area contributed by atoms with Crippen LogP contribution in [0.1, 0.15) is 18.5 Å². The number of amides is 2. The van der Waals surface area contributed by atoms with E-state index in [1.165, 1.54) is 0 Å². The molecule has 0 bridgehead atoms. The van der Waals surface area contributed by atoms with Gasteiger partial charge in [0.25, 0.3) is 0 Å². The number of rotatable bonds is 4. The molecule has 110 valence electrons. The Kier molecular flexibility index (Phi) is 4.77. The zero-order valence-corrected chi connectivity index (χ0v) is 12.5. The third-order valence-corrected chi connectivity index (χ3v) is 3.11. The number of pyridine rings is 1. The topological polar surface area (TPSA) is 57.3 Å². The van der Waals surface area contributed by atoms with Gasteiger partial charge in [0.15, 0.2) is 0 Å². The van der Waals surface area contributed by atoms with Crippen molar-refractivity contribution in [2.24, 2.45) is 0 Å². The lowest BCUT2D eigenvalue weighted by molar-refractivity contribution is 0.249. The molecule has 1 heterocycles. The number of nitrogens with one attached hydrogen (secondary N) is 2. The standard InChI is InChI=1S/C16H20N4O/c1-12(13-7-5-4-6-8-13)18-16(21)19-14-9-10-15(17-11-14)20(2)3/h4-12H,1-3H3,(H2,18,19,21). The number of nitrogens with zero attached hydrogens (tertiary/aromatic N) is 2. The third kappa shape index (κ3) is 4.21. The minimum absolute atomic E-state index is 0.0554. The summed E-state index contributed by atoms with van der Waals surface area (Å²) in [6, 6.07) is 13.2. The van der Waals surface area contributed by atoms with Crippen molar-refractivity contribution >= 4 is 17.5 Å². The van der Waals surface area contributed by atoms with E-state index in [1.807, 2.05) is 68.4 Å². The Labute approximate surface area is 125 Å². The van der Waals surface area contributed by atoms with Gasteiger partial charge in [-0.2, -0.15) is 0 Å². The lowest BCUT2D eigenvalue weighted by atomic mass is 10.1. The van der Waals surface area contributed by atoms with Crippen LogP contribution < -0.4 is 15.5 Å². The van der Waals surface area contributed by atoms with Gasteiger partial charge in [-0.05, 0) is 24.6 Å². The molecular formula is C16H20N4O. The van der Waals surface area contributed by atoms with Gasteiger partial charge in [0.2, 0.25) is 0 Å². The van der Waals surface area contributed by atoms with Crippen LogP contribution in [-0.2, 0) is 0 Å². The van der Waals surface area contributed by atoms with Gasteiger partial charge in [-0.15, -0.1) is 0 Å². The van der Waals surface area contributed by atoms with Crippen LogP contribution in [0, 0.1) is 0 Å². The SMILES string of the molecule is CC(NC(=O)Nc1ccc(N(C)C)nc1)c1ccccc1. The highest BCUT2D eigenvalue weighted by Crippen LogP contribution is 2.13. The number of anilines is 2. The van der Waals surface area contributed by atoms with Crippen LogP contribution in [0.4, 0.5) is 16.3 Å². The molecule has 0 radical (unpaired) electrons. The fourth-order valence-corrected chi connectivity index (χ4v) is 1.91. The summed E-state index contributed by atoms with van der Waals surface area (Å²) >= 11 is 0. The molecule has 1 unspecified atom stereocenters. The minimum atomic E-state index is -0.245. The molecule has 0 aliphatic heterocycles. The van der Waals surface area contributed by atoms with Crippen LogP contribution in [0.2, 0.25) is 0 Å². The van der Waals surface area contributed by atoms with Crippen molar-refractivity contribution in [3.8, 4) is 0 Å². The maximum absolute atomic E-state index is 12.0. The molecule has 0 fully saturated rings. The molecule has 0 aliphatic rings. The molecule has 2 amide bonds. The van der Waals surface area contributed by atoms with Crippen molar-refractivity contribution < 1.29 is 4.79 Å². The summed E-state index contributed by atoms with van der Waals surface area (Å²) in [7, 11) is 3.84.